The van der Waals surface area contributed by atoms with Crippen LogP contribution in [0.3, 0.4) is 0 Å². The summed E-state index contributed by atoms with van der Waals surface area (Å²) in [5.74, 6) is 2.54. The average Bonchev–Trinajstić information content (AvgIpc) is 3.01. The molecular formula is C18H19FN4S. The summed E-state index contributed by atoms with van der Waals surface area (Å²) in [7, 11) is 2.11. The summed E-state index contributed by atoms with van der Waals surface area (Å²) in [6.07, 6.45) is 5.81. The third-order valence-corrected chi connectivity index (χ3v) is 5.93. The van der Waals surface area contributed by atoms with Crippen LogP contribution in [0.25, 0.3) is 11.0 Å². The predicted molar refractivity (Wildman–Crippen MR) is 95.9 cm³/mol. The van der Waals surface area contributed by atoms with Crippen molar-refractivity contribution in [2.24, 2.45) is 5.92 Å². The van der Waals surface area contributed by atoms with E-state index in [0.29, 0.717) is 12.0 Å². The van der Waals surface area contributed by atoms with Crippen molar-refractivity contribution in [1.29, 1.82) is 0 Å². The summed E-state index contributed by atoms with van der Waals surface area (Å²) in [5, 5.41) is 1.07. The lowest BCUT2D eigenvalue weighted by atomic mass is 9.81. The number of rotatable bonds is 5. The summed E-state index contributed by atoms with van der Waals surface area (Å²) >= 11 is 1.74. The van der Waals surface area contributed by atoms with E-state index >= 15 is 0 Å². The fourth-order valence-electron chi connectivity index (χ4n) is 3.24. The zero-order chi connectivity index (χ0) is 16.5. The van der Waals surface area contributed by atoms with Gasteiger partial charge in [-0.1, -0.05) is 6.07 Å². The molecule has 6 heteroatoms. The molecule has 1 aromatic carbocycles. The first-order valence-electron chi connectivity index (χ1n) is 8.10. The molecule has 1 N–H and O–H groups in total. The van der Waals surface area contributed by atoms with Gasteiger partial charge in [0.25, 0.3) is 0 Å². The number of fused-ring (bicyclic) bond motifs is 1. The zero-order valence-electron chi connectivity index (χ0n) is 13.4. The smallest absolute Gasteiger partial charge is 0.142 e. The molecule has 1 aliphatic carbocycles. The second kappa shape index (κ2) is 6.43. The van der Waals surface area contributed by atoms with Crippen molar-refractivity contribution >= 4 is 28.6 Å². The van der Waals surface area contributed by atoms with E-state index in [2.05, 4.69) is 26.9 Å². The molecule has 0 saturated heterocycles. The monoisotopic (exact) mass is 342 g/mol. The first kappa shape index (κ1) is 15.4. The number of aromatic amines is 1. The van der Waals surface area contributed by atoms with E-state index in [1.165, 1.54) is 6.07 Å². The maximum Gasteiger partial charge on any atom is 0.142 e. The summed E-state index contributed by atoms with van der Waals surface area (Å²) in [5.41, 5.74) is 0.879. The predicted octanol–water partition coefficient (Wildman–Crippen LogP) is 4.10. The summed E-state index contributed by atoms with van der Waals surface area (Å²) in [4.78, 5) is 15.1. The number of nitrogens with zero attached hydrogens (tertiary/aromatic N) is 3. The van der Waals surface area contributed by atoms with Crippen LogP contribution in [0.15, 0.2) is 47.8 Å². The van der Waals surface area contributed by atoms with Crippen LogP contribution in [0.1, 0.15) is 12.8 Å². The highest BCUT2D eigenvalue weighted by Crippen LogP contribution is 2.38. The lowest BCUT2D eigenvalue weighted by molar-refractivity contribution is 0.286. The van der Waals surface area contributed by atoms with Gasteiger partial charge in [-0.3, -0.25) is 0 Å². The molecule has 0 unspecified atom stereocenters. The number of benzene rings is 1. The van der Waals surface area contributed by atoms with Gasteiger partial charge in [-0.2, -0.15) is 0 Å². The second-order valence-corrected chi connectivity index (χ2v) is 7.40. The van der Waals surface area contributed by atoms with E-state index in [9.17, 15) is 4.39 Å². The van der Waals surface area contributed by atoms with Crippen molar-refractivity contribution in [3.8, 4) is 0 Å². The van der Waals surface area contributed by atoms with Crippen molar-refractivity contribution in [3.63, 3.8) is 0 Å². The number of hydrogen-bond donors (Lipinski definition) is 1. The molecule has 0 aliphatic heterocycles. The summed E-state index contributed by atoms with van der Waals surface area (Å²) < 4.78 is 13.2. The van der Waals surface area contributed by atoms with E-state index in [1.807, 2.05) is 18.3 Å². The van der Waals surface area contributed by atoms with Gasteiger partial charge in [0.05, 0.1) is 5.39 Å². The van der Waals surface area contributed by atoms with Gasteiger partial charge in [0.2, 0.25) is 0 Å². The highest BCUT2D eigenvalue weighted by molar-refractivity contribution is 7.99. The molecule has 4 rings (SSSR count). The molecule has 1 saturated carbocycles. The molecule has 2 aromatic heterocycles. The SMILES string of the molecule is CN(c1ncnc2[nH]ccc12)C1CC(CSc2cccc(F)c2)C1. The molecule has 0 bridgehead atoms. The minimum Gasteiger partial charge on any atom is -0.356 e. The molecular weight excluding hydrogens is 323 g/mol. The van der Waals surface area contributed by atoms with E-state index in [-0.39, 0.29) is 5.82 Å². The zero-order valence-corrected chi connectivity index (χ0v) is 14.3. The van der Waals surface area contributed by atoms with Gasteiger partial charge in [-0.15, -0.1) is 11.8 Å². The standard InChI is InChI=1S/C18H19FN4S/c1-23(18-16-5-6-20-17(16)21-11-22-18)14-7-12(8-14)10-24-15-4-2-3-13(19)9-15/h2-6,9,11-12,14H,7-8,10H2,1H3,(H,20,21,22). The Kier molecular flexibility index (Phi) is 4.14. The fraction of sp³-hybridized carbons (Fsp3) is 0.333. The molecule has 0 atom stereocenters. The van der Waals surface area contributed by atoms with Crippen molar-refractivity contribution in [2.75, 3.05) is 17.7 Å². The van der Waals surface area contributed by atoms with Crippen LogP contribution >= 0.6 is 11.8 Å². The summed E-state index contributed by atoms with van der Waals surface area (Å²) in [6, 6.07) is 9.37. The number of hydrogen-bond acceptors (Lipinski definition) is 4. The van der Waals surface area contributed by atoms with Gasteiger partial charge in [-0.05, 0) is 43.0 Å². The average molecular weight is 342 g/mol. The van der Waals surface area contributed by atoms with Gasteiger partial charge in [0.15, 0.2) is 0 Å². The molecule has 0 amide bonds. The topological polar surface area (TPSA) is 44.8 Å². The minimum atomic E-state index is -0.162. The van der Waals surface area contributed by atoms with E-state index in [0.717, 1.165) is 40.3 Å². The third-order valence-electron chi connectivity index (χ3n) is 4.71. The lowest BCUT2D eigenvalue weighted by Crippen LogP contribution is -2.43. The number of H-pyrrole nitrogens is 1. The van der Waals surface area contributed by atoms with Crippen LogP contribution in [0.4, 0.5) is 10.2 Å². The molecule has 0 spiro atoms. The van der Waals surface area contributed by atoms with Gasteiger partial charge < -0.3 is 9.88 Å². The molecule has 124 valence electrons. The first-order chi connectivity index (χ1) is 11.7. The van der Waals surface area contributed by atoms with Gasteiger partial charge in [0, 0.05) is 29.9 Å². The Bertz CT molecular complexity index is 844. The van der Waals surface area contributed by atoms with Crippen LogP contribution in [0.2, 0.25) is 0 Å². The quantitative estimate of drug-likeness (QED) is 0.709. The second-order valence-electron chi connectivity index (χ2n) is 6.31. The van der Waals surface area contributed by atoms with Gasteiger partial charge in [0.1, 0.15) is 23.6 Å². The Balaban J connectivity index is 1.34. The molecule has 0 radical (unpaired) electrons. The van der Waals surface area contributed by atoms with E-state index in [1.54, 1.807) is 30.2 Å². The highest BCUT2D eigenvalue weighted by atomic mass is 32.2. The Labute approximate surface area is 144 Å². The first-order valence-corrected chi connectivity index (χ1v) is 9.08. The van der Waals surface area contributed by atoms with E-state index < -0.39 is 0 Å². The van der Waals surface area contributed by atoms with Crippen LogP contribution in [0, 0.1) is 11.7 Å². The Morgan fingerprint density at radius 2 is 2.17 bits per heavy atom. The number of halogens is 1. The van der Waals surface area contributed by atoms with Crippen molar-refractivity contribution in [1.82, 2.24) is 15.0 Å². The minimum absolute atomic E-state index is 0.162. The summed E-state index contributed by atoms with van der Waals surface area (Å²) in [6.45, 7) is 0. The van der Waals surface area contributed by atoms with Crippen LogP contribution in [-0.2, 0) is 0 Å². The maximum absolute atomic E-state index is 13.2. The van der Waals surface area contributed by atoms with Gasteiger partial charge in [-0.25, -0.2) is 14.4 Å². The largest absolute Gasteiger partial charge is 0.356 e. The normalized spacial score (nSPS) is 20.1. The Morgan fingerprint density at radius 3 is 3.00 bits per heavy atom. The molecule has 24 heavy (non-hydrogen) atoms. The van der Waals surface area contributed by atoms with Crippen LogP contribution < -0.4 is 4.90 Å². The Morgan fingerprint density at radius 1 is 1.29 bits per heavy atom. The number of thioether (sulfide) groups is 1. The molecule has 2 heterocycles. The number of nitrogens with one attached hydrogen (secondary N) is 1. The molecule has 1 fully saturated rings. The number of anilines is 1. The fourth-order valence-corrected chi connectivity index (χ4v) is 4.31. The van der Waals surface area contributed by atoms with Crippen LogP contribution in [-0.4, -0.2) is 33.8 Å². The highest BCUT2D eigenvalue weighted by Gasteiger charge is 2.33. The van der Waals surface area contributed by atoms with Crippen molar-refractivity contribution in [3.05, 3.63) is 48.7 Å². The van der Waals surface area contributed by atoms with E-state index in [4.69, 9.17) is 0 Å². The van der Waals surface area contributed by atoms with Crippen molar-refractivity contribution < 1.29 is 4.39 Å². The molecule has 3 aromatic rings. The third kappa shape index (κ3) is 2.98. The molecule has 1 aliphatic rings. The lowest BCUT2D eigenvalue weighted by Gasteiger charge is -2.41. The molecule has 4 nitrogen and oxygen atoms in total. The van der Waals surface area contributed by atoms with Gasteiger partial charge >= 0.3 is 0 Å². The maximum atomic E-state index is 13.2. The van der Waals surface area contributed by atoms with Crippen LogP contribution in [0.5, 0.6) is 0 Å². The van der Waals surface area contributed by atoms with Crippen molar-refractivity contribution in [2.45, 2.75) is 23.8 Å². The number of aromatic nitrogens is 3. The Hall–Kier alpha value is -2.08.